The Labute approximate surface area is 272 Å². The molecule has 0 fully saturated rings. The fourth-order valence-electron chi connectivity index (χ4n) is 5.64. The number of nitrogens with one attached hydrogen (secondary N) is 1. The number of hydrogen-bond donors (Lipinski definition) is 4. The van der Waals surface area contributed by atoms with E-state index in [4.69, 9.17) is 9.79 Å². The van der Waals surface area contributed by atoms with Crippen LogP contribution < -0.4 is 5.32 Å². The van der Waals surface area contributed by atoms with Crippen LogP contribution in [-0.4, -0.2) is 39.6 Å². The van der Waals surface area contributed by atoms with Gasteiger partial charge in [-0.1, -0.05) is 180 Å². The van der Waals surface area contributed by atoms with E-state index < -0.39 is 26.6 Å². The molecule has 1 amide bonds. The van der Waals surface area contributed by atoms with Gasteiger partial charge >= 0.3 is 7.82 Å². The molecule has 2 atom stereocenters. The monoisotopic (exact) mass is 646 g/mol. The average molecular weight is 646 g/mol. The molecular weight excluding hydrogens is 573 g/mol. The first-order valence-electron chi connectivity index (χ1n) is 18.6. The molecule has 0 rings (SSSR count). The molecular formula is C36H72NO6P. The molecule has 0 heterocycles. The zero-order chi connectivity index (χ0) is 32.6. The van der Waals surface area contributed by atoms with Crippen LogP contribution in [0.25, 0.3) is 0 Å². The maximum atomic E-state index is 12.5. The topological polar surface area (TPSA) is 116 Å². The second kappa shape index (κ2) is 32.2. The summed E-state index contributed by atoms with van der Waals surface area (Å²) in [6.45, 7) is 4.04. The van der Waals surface area contributed by atoms with Gasteiger partial charge in [-0.3, -0.25) is 9.32 Å². The van der Waals surface area contributed by atoms with Crippen LogP contribution in [0.15, 0.2) is 12.2 Å². The molecule has 262 valence electrons. The van der Waals surface area contributed by atoms with E-state index in [1.165, 1.54) is 135 Å². The zero-order valence-corrected chi connectivity index (χ0v) is 29.7. The lowest BCUT2D eigenvalue weighted by Crippen LogP contribution is -2.45. The summed E-state index contributed by atoms with van der Waals surface area (Å²) in [5.74, 6) is -0.226. The SMILES string of the molecule is CCCCCCCCC/C=C/[C@@H](O)[C@H](COP(=O)(O)O)NC(=O)CCCCCCCCCCCCCCCCCCCCC. The number of hydrogen-bond acceptors (Lipinski definition) is 4. The third kappa shape index (κ3) is 32.7. The van der Waals surface area contributed by atoms with Crippen LogP contribution in [0.1, 0.15) is 194 Å². The van der Waals surface area contributed by atoms with Crippen LogP contribution in [0.2, 0.25) is 0 Å². The molecule has 0 saturated carbocycles. The highest BCUT2D eigenvalue weighted by atomic mass is 31.2. The van der Waals surface area contributed by atoms with Gasteiger partial charge in [0.2, 0.25) is 5.91 Å². The van der Waals surface area contributed by atoms with Gasteiger partial charge in [-0.05, 0) is 19.3 Å². The number of carbonyl (C=O) groups excluding carboxylic acids is 1. The van der Waals surface area contributed by atoms with Gasteiger partial charge < -0.3 is 20.2 Å². The minimum Gasteiger partial charge on any atom is -0.387 e. The molecule has 0 aliphatic carbocycles. The van der Waals surface area contributed by atoms with Gasteiger partial charge in [-0.25, -0.2) is 4.57 Å². The molecule has 0 saturated heterocycles. The maximum absolute atomic E-state index is 12.5. The van der Waals surface area contributed by atoms with Crippen molar-refractivity contribution in [2.45, 2.75) is 206 Å². The Morgan fingerprint density at radius 3 is 1.39 bits per heavy atom. The molecule has 0 aliphatic heterocycles. The molecule has 0 bridgehead atoms. The summed E-state index contributed by atoms with van der Waals surface area (Å²) in [6.07, 6.45) is 36.7. The first kappa shape index (κ1) is 43.3. The van der Waals surface area contributed by atoms with Gasteiger partial charge in [0.05, 0.1) is 18.8 Å². The second-order valence-electron chi connectivity index (χ2n) is 12.9. The van der Waals surface area contributed by atoms with Crippen LogP contribution >= 0.6 is 7.82 Å². The summed E-state index contributed by atoms with van der Waals surface area (Å²) in [6, 6.07) is -0.902. The van der Waals surface area contributed by atoms with Crippen molar-refractivity contribution in [2.24, 2.45) is 0 Å². The first-order chi connectivity index (χ1) is 21.3. The summed E-state index contributed by atoms with van der Waals surface area (Å²) in [5, 5.41) is 13.3. The number of aliphatic hydroxyl groups is 1. The number of unbranched alkanes of at least 4 members (excludes halogenated alkanes) is 25. The molecule has 0 spiro atoms. The minimum atomic E-state index is -4.70. The van der Waals surface area contributed by atoms with Gasteiger partial charge in [-0.2, -0.15) is 0 Å². The Kier molecular flexibility index (Phi) is 31.7. The van der Waals surface area contributed by atoms with Crippen molar-refractivity contribution >= 4 is 13.7 Å². The normalized spacial score (nSPS) is 13.5. The summed E-state index contributed by atoms with van der Waals surface area (Å²) >= 11 is 0. The zero-order valence-electron chi connectivity index (χ0n) is 28.8. The van der Waals surface area contributed by atoms with Crippen molar-refractivity contribution in [3.05, 3.63) is 12.2 Å². The van der Waals surface area contributed by atoms with E-state index in [1.54, 1.807) is 6.08 Å². The fraction of sp³-hybridized carbons (Fsp3) is 0.917. The quantitative estimate of drug-likeness (QED) is 0.0314. The van der Waals surface area contributed by atoms with Gasteiger partial charge in [0, 0.05) is 6.42 Å². The Morgan fingerprint density at radius 1 is 0.636 bits per heavy atom. The second-order valence-corrected chi connectivity index (χ2v) is 14.1. The van der Waals surface area contributed by atoms with E-state index >= 15 is 0 Å². The summed E-state index contributed by atoms with van der Waals surface area (Å²) in [5.41, 5.74) is 0. The highest BCUT2D eigenvalue weighted by molar-refractivity contribution is 7.46. The standard InChI is InChI=1S/C36H72NO6P/c1-3-5-7-9-11-13-14-15-16-17-18-19-20-21-22-24-26-28-30-32-36(39)37-34(33-43-44(40,41)42)35(38)31-29-27-25-23-12-10-8-6-4-2/h29,31,34-35,38H,3-28,30,32-33H2,1-2H3,(H,37,39)(H2,40,41,42)/b31-29+/t34-,35+/m0/s1. The maximum Gasteiger partial charge on any atom is 0.469 e. The predicted octanol–water partition coefficient (Wildman–Crippen LogP) is 10.5. The van der Waals surface area contributed by atoms with Crippen molar-refractivity contribution in [3.63, 3.8) is 0 Å². The van der Waals surface area contributed by atoms with E-state index in [2.05, 4.69) is 23.7 Å². The number of aliphatic hydroxyl groups excluding tert-OH is 1. The molecule has 8 heteroatoms. The van der Waals surface area contributed by atoms with Crippen LogP contribution in [0.3, 0.4) is 0 Å². The predicted molar refractivity (Wildman–Crippen MR) is 186 cm³/mol. The van der Waals surface area contributed by atoms with Crippen LogP contribution in [-0.2, 0) is 13.9 Å². The number of amides is 1. The largest absolute Gasteiger partial charge is 0.469 e. The van der Waals surface area contributed by atoms with Crippen LogP contribution in [0, 0.1) is 0 Å². The first-order valence-corrected chi connectivity index (χ1v) is 20.2. The molecule has 0 aromatic heterocycles. The average Bonchev–Trinajstić information content (AvgIpc) is 2.99. The molecule has 7 nitrogen and oxygen atoms in total. The minimum absolute atomic E-state index is 0.226. The summed E-state index contributed by atoms with van der Waals surface area (Å²) in [4.78, 5) is 30.7. The molecule has 0 aliphatic rings. The highest BCUT2D eigenvalue weighted by Gasteiger charge is 2.24. The number of phosphoric ester groups is 1. The van der Waals surface area contributed by atoms with Gasteiger partial charge in [-0.15, -0.1) is 0 Å². The van der Waals surface area contributed by atoms with Crippen LogP contribution in [0.5, 0.6) is 0 Å². The lowest BCUT2D eigenvalue weighted by atomic mass is 10.0. The van der Waals surface area contributed by atoms with Crippen molar-refractivity contribution < 1.29 is 28.8 Å². The Morgan fingerprint density at radius 2 is 1.00 bits per heavy atom. The fourth-order valence-corrected chi connectivity index (χ4v) is 5.99. The van der Waals surface area contributed by atoms with E-state index in [-0.39, 0.29) is 5.91 Å². The number of rotatable bonds is 34. The Balaban J connectivity index is 3.90. The van der Waals surface area contributed by atoms with E-state index in [0.29, 0.717) is 6.42 Å². The molecule has 0 aromatic carbocycles. The third-order valence-electron chi connectivity index (χ3n) is 8.50. The summed E-state index contributed by atoms with van der Waals surface area (Å²) in [7, 11) is -4.70. The Hall–Kier alpha value is -0.720. The summed E-state index contributed by atoms with van der Waals surface area (Å²) < 4.78 is 15.8. The van der Waals surface area contributed by atoms with E-state index in [1.807, 2.05) is 6.08 Å². The number of phosphoric acid groups is 1. The van der Waals surface area contributed by atoms with E-state index in [9.17, 15) is 14.5 Å². The molecule has 4 N–H and O–H groups in total. The van der Waals surface area contributed by atoms with Crippen molar-refractivity contribution in [3.8, 4) is 0 Å². The molecule has 0 aromatic rings. The number of allylic oxidation sites excluding steroid dienone is 1. The van der Waals surface area contributed by atoms with Crippen molar-refractivity contribution in [1.29, 1.82) is 0 Å². The smallest absolute Gasteiger partial charge is 0.387 e. The lowest BCUT2D eigenvalue weighted by Gasteiger charge is -2.22. The Bertz CT molecular complexity index is 698. The molecule has 0 unspecified atom stereocenters. The number of carbonyl (C=O) groups is 1. The highest BCUT2D eigenvalue weighted by Crippen LogP contribution is 2.35. The van der Waals surface area contributed by atoms with Gasteiger partial charge in [0.25, 0.3) is 0 Å². The lowest BCUT2D eigenvalue weighted by molar-refractivity contribution is -0.123. The van der Waals surface area contributed by atoms with Crippen molar-refractivity contribution in [1.82, 2.24) is 5.32 Å². The third-order valence-corrected chi connectivity index (χ3v) is 8.98. The molecule has 0 radical (unpaired) electrons. The van der Waals surface area contributed by atoms with Gasteiger partial charge in [0.1, 0.15) is 0 Å². The van der Waals surface area contributed by atoms with E-state index in [0.717, 1.165) is 38.5 Å². The van der Waals surface area contributed by atoms with Crippen molar-refractivity contribution in [2.75, 3.05) is 6.61 Å². The van der Waals surface area contributed by atoms with Crippen LogP contribution in [0.4, 0.5) is 0 Å². The molecule has 44 heavy (non-hydrogen) atoms. The van der Waals surface area contributed by atoms with Gasteiger partial charge in [0.15, 0.2) is 0 Å².